The smallest absolute Gasteiger partial charge is 0.140 e. The molecule has 1 nitrogen and oxygen atoms in total. The highest BCUT2D eigenvalue weighted by molar-refractivity contribution is 6.25. The zero-order valence-corrected chi connectivity index (χ0v) is 26.3. The average molecular weight is 591 g/mol. The van der Waals surface area contributed by atoms with E-state index < -0.39 is 0 Å². The van der Waals surface area contributed by atoms with Crippen molar-refractivity contribution in [2.75, 3.05) is 0 Å². The van der Waals surface area contributed by atoms with Gasteiger partial charge >= 0.3 is 0 Å². The largest absolute Gasteiger partial charge is 0.456 e. The van der Waals surface area contributed by atoms with Crippen molar-refractivity contribution in [3.05, 3.63) is 151 Å². The molecule has 0 aliphatic heterocycles. The first-order chi connectivity index (χ1) is 22.5. The zero-order valence-electron chi connectivity index (χ0n) is 26.3. The van der Waals surface area contributed by atoms with Crippen molar-refractivity contribution in [1.82, 2.24) is 0 Å². The standard InChI is InChI=1S/C45H34O/c1-5-6-15-27(2)39-29-16-7-9-18-31(29)40(32-19-10-8-17-30(32)39)28-24-25-37-36(26-28)41-33-20-11-12-21-34(33)42-35-22-13-14-23-38(35)46-44(42)43(41)45(37,3)4/h5,7-14,16-26H,1-2,6,15H2,3-4H3. The summed E-state index contributed by atoms with van der Waals surface area (Å²) in [6.07, 6.45) is 3.79. The Labute approximate surface area is 269 Å². The quantitative estimate of drug-likeness (QED) is 0.144. The predicted octanol–water partition coefficient (Wildman–Crippen LogP) is 13.0. The van der Waals surface area contributed by atoms with E-state index in [1.807, 2.05) is 6.08 Å². The van der Waals surface area contributed by atoms with Crippen molar-refractivity contribution in [2.24, 2.45) is 0 Å². The predicted molar refractivity (Wildman–Crippen MR) is 198 cm³/mol. The highest BCUT2D eigenvalue weighted by atomic mass is 16.3. The maximum atomic E-state index is 6.75. The van der Waals surface area contributed by atoms with Crippen LogP contribution in [0.4, 0.5) is 0 Å². The van der Waals surface area contributed by atoms with Gasteiger partial charge in [-0.05, 0) is 96.2 Å². The maximum absolute atomic E-state index is 6.75. The molecule has 0 amide bonds. The molecule has 9 rings (SSSR count). The summed E-state index contributed by atoms with van der Waals surface area (Å²) in [5.41, 5.74) is 11.9. The number of para-hydroxylation sites is 1. The van der Waals surface area contributed by atoms with E-state index in [2.05, 4.69) is 142 Å². The molecular formula is C45H34O. The molecule has 1 heteroatoms. The minimum absolute atomic E-state index is 0.226. The first-order valence-electron chi connectivity index (χ1n) is 16.2. The van der Waals surface area contributed by atoms with Crippen LogP contribution in [0.2, 0.25) is 0 Å². The van der Waals surface area contributed by atoms with Crippen LogP contribution in [-0.2, 0) is 5.41 Å². The fourth-order valence-electron chi connectivity index (χ4n) is 8.34. The van der Waals surface area contributed by atoms with Crippen LogP contribution in [0.5, 0.6) is 0 Å². The van der Waals surface area contributed by atoms with E-state index >= 15 is 0 Å². The Bertz CT molecular complexity index is 2530. The lowest BCUT2D eigenvalue weighted by Crippen LogP contribution is -2.15. The number of furan rings is 1. The van der Waals surface area contributed by atoms with Crippen LogP contribution in [-0.4, -0.2) is 0 Å². The number of fused-ring (bicyclic) bond motifs is 12. The zero-order chi connectivity index (χ0) is 31.2. The molecule has 8 aromatic rings. The second-order valence-electron chi connectivity index (χ2n) is 13.3. The van der Waals surface area contributed by atoms with Crippen molar-refractivity contribution >= 4 is 59.8 Å². The Balaban J connectivity index is 1.38. The van der Waals surface area contributed by atoms with E-state index in [0.717, 1.165) is 29.6 Å². The van der Waals surface area contributed by atoms with E-state index in [1.165, 1.54) is 82.0 Å². The summed E-state index contributed by atoms with van der Waals surface area (Å²) in [5, 5.41) is 9.93. The fourth-order valence-corrected chi connectivity index (χ4v) is 8.34. The van der Waals surface area contributed by atoms with Crippen LogP contribution < -0.4 is 0 Å². The number of allylic oxidation sites excluding steroid dienone is 2. The number of hydrogen-bond acceptors (Lipinski definition) is 1. The molecule has 0 N–H and O–H groups in total. The molecule has 46 heavy (non-hydrogen) atoms. The molecule has 1 heterocycles. The van der Waals surface area contributed by atoms with Crippen LogP contribution in [0.1, 0.15) is 43.4 Å². The summed E-state index contributed by atoms with van der Waals surface area (Å²) < 4.78 is 6.75. The van der Waals surface area contributed by atoms with Crippen LogP contribution in [0.25, 0.3) is 82.1 Å². The highest BCUT2D eigenvalue weighted by Crippen LogP contribution is 2.57. The number of benzene rings is 7. The summed E-state index contributed by atoms with van der Waals surface area (Å²) in [5.74, 6) is 0. The van der Waals surface area contributed by atoms with Gasteiger partial charge in [-0.2, -0.15) is 0 Å². The van der Waals surface area contributed by atoms with Gasteiger partial charge in [0.1, 0.15) is 11.2 Å². The summed E-state index contributed by atoms with van der Waals surface area (Å²) in [7, 11) is 0. The van der Waals surface area contributed by atoms with Crippen molar-refractivity contribution in [2.45, 2.75) is 32.1 Å². The third kappa shape index (κ3) is 3.57. The SMILES string of the molecule is C=CCCC(=C)c1c2ccccc2c(-c2ccc3c(c2)-c2c(c4oc5ccccc5c4c4ccccc24)C3(C)C)c2ccccc12. The van der Waals surface area contributed by atoms with Crippen LogP contribution >= 0.6 is 0 Å². The van der Waals surface area contributed by atoms with E-state index in [0.29, 0.717) is 0 Å². The Morgan fingerprint density at radius 2 is 1.24 bits per heavy atom. The normalized spacial score (nSPS) is 13.5. The van der Waals surface area contributed by atoms with Gasteiger partial charge in [0.25, 0.3) is 0 Å². The van der Waals surface area contributed by atoms with Gasteiger partial charge in [-0.1, -0.05) is 130 Å². The molecule has 1 aliphatic carbocycles. The van der Waals surface area contributed by atoms with Crippen molar-refractivity contribution in [1.29, 1.82) is 0 Å². The van der Waals surface area contributed by atoms with Gasteiger partial charge < -0.3 is 4.42 Å². The van der Waals surface area contributed by atoms with Gasteiger partial charge in [-0.25, -0.2) is 0 Å². The van der Waals surface area contributed by atoms with E-state index in [-0.39, 0.29) is 5.41 Å². The molecule has 0 saturated heterocycles. The molecule has 1 aliphatic rings. The summed E-state index contributed by atoms with van der Waals surface area (Å²) in [6.45, 7) is 13.2. The molecule has 0 atom stereocenters. The average Bonchev–Trinajstić information content (AvgIpc) is 3.58. The van der Waals surface area contributed by atoms with Gasteiger partial charge in [-0.15, -0.1) is 6.58 Å². The minimum Gasteiger partial charge on any atom is -0.456 e. The first kappa shape index (κ1) is 27.0. The Kier molecular flexibility index (Phi) is 5.74. The summed E-state index contributed by atoms with van der Waals surface area (Å²) in [6, 6.07) is 42.2. The molecule has 0 saturated carbocycles. The van der Waals surface area contributed by atoms with Gasteiger partial charge in [0, 0.05) is 21.8 Å². The monoisotopic (exact) mass is 590 g/mol. The minimum atomic E-state index is -0.226. The van der Waals surface area contributed by atoms with Crippen molar-refractivity contribution in [3.63, 3.8) is 0 Å². The third-order valence-corrected chi connectivity index (χ3v) is 10.3. The Morgan fingerprint density at radius 3 is 1.89 bits per heavy atom. The Morgan fingerprint density at radius 1 is 0.674 bits per heavy atom. The molecule has 0 unspecified atom stereocenters. The lowest BCUT2D eigenvalue weighted by Gasteiger charge is -2.22. The fraction of sp³-hybridized carbons (Fsp3) is 0.111. The van der Waals surface area contributed by atoms with E-state index in [1.54, 1.807) is 0 Å². The van der Waals surface area contributed by atoms with Gasteiger partial charge in [0.05, 0.1) is 0 Å². The topological polar surface area (TPSA) is 13.1 Å². The summed E-state index contributed by atoms with van der Waals surface area (Å²) >= 11 is 0. The maximum Gasteiger partial charge on any atom is 0.140 e. The second kappa shape index (κ2) is 9.80. The molecule has 1 aromatic heterocycles. The molecule has 0 radical (unpaired) electrons. The van der Waals surface area contributed by atoms with Crippen molar-refractivity contribution < 1.29 is 4.42 Å². The molecule has 0 spiro atoms. The number of hydrogen-bond donors (Lipinski definition) is 0. The highest BCUT2D eigenvalue weighted by Gasteiger charge is 2.40. The van der Waals surface area contributed by atoms with Crippen LogP contribution in [0.3, 0.4) is 0 Å². The molecule has 220 valence electrons. The summed E-state index contributed by atoms with van der Waals surface area (Å²) in [4.78, 5) is 0. The molecular weight excluding hydrogens is 556 g/mol. The molecule has 0 fully saturated rings. The van der Waals surface area contributed by atoms with Crippen LogP contribution in [0.15, 0.2) is 139 Å². The van der Waals surface area contributed by atoms with Gasteiger partial charge in [-0.3, -0.25) is 0 Å². The van der Waals surface area contributed by atoms with E-state index in [9.17, 15) is 0 Å². The second-order valence-corrected chi connectivity index (χ2v) is 13.3. The lowest BCUT2D eigenvalue weighted by atomic mass is 9.80. The van der Waals surface area contributed by atoms with Crippen molar-refractivity contribution in [3.8, 4) is 22.3 Å². The lowest BCUT2D eigenvalue weighted by molar-refractivity contribution is 0.620. The van der Waals surface area contributed by atoms with E-state index in [4.69, 9.17) is 4.42 Å². The Hall–Kier alpha value is -5.40. The van der Waals surface area contributed by atoms with Gasteiger partial charge in [0.2, 0.25) is 0 Å². The first-order valence-corrected chi connectivity index (χ1v) is 16.2. The third-order valence-electron chi connectivity index (χ3n) is 10.3. The number of rotatable bonds is 5. The molecule has 7 aromatic carbocycles. The van der Waals surface area contributed by atoms with Gasteiger partial charge in [0.15, 0.2) is 0 Å². The van der Waals surface area contributed by atoms with Crippen LogP contribution in [0, 0.1) is 0 Å². The molecule has 0 bridgehead atoms.